The maximum absolute atomic E-state index is 12.2. The average molecular weight is 313 g/mol. The lowest BCUT2D eigenvalue weighted by Crippen LogP contribution is -2.39. The molecule has 0 aliphatic heterocycles. The second-order valence-corrected chi connectivity index (χ2v) is 5.51. The van der Waals surface area contributed by atoms with E-state index in [9.17, 15) is 4.79 Å². The molecule has 0 bridgehead atoms. The summed E-state index contributed by atoms with van der Waals surface area (Å²) in [6.07, 6.45) is 1.67. The molecule has 118 valence electrons. The van der Waals surface area contributed by atoms with E-state index in [1.165, 1.54) is 0 Å². The molecule has 21 heavy (non-hydrogen) atoms. The number of methoxy groups -OCH3 is 2. The Bertz CT molecular complexity index is 406. The normalized spacial score (nSPS) is 10.4. The van der Waals surface area contributed by atoms with Crippen LogP contribution in [0.15, 0.2) is 23.4 Å². The highest BCUT2D eigenvalue weighted by Gasteiger charge is 2.13. The van der Waals surface area contributed by atoms with Gasteiger partial charge in [0.05, 0.1) is 30.1 Å². The van der Waals surface area contributed by atoms with Crippen LogP contribution < -0.4 is 5.32 Å². The van der Waals surface area contributed by atoms with Gasteiger partial charge in [-0.05, 0) is 17.9 Å². The molecule has 0 atom stereocenters. The number of hydrogen-bond acceptors (Lipinski definition) is 5. The Morgan fingerprint density at radius 2 is 1.95 bits per heavy atom. The van der Waals surface area contributed by atoms with Gasteiger partial charge in [-0.15, -0.1) is 11.8 Å². The van der Waals surface area contributed by atoms with E-state index >= 15 is 0 Å². The van der Waals surface area contributed by atoms with E-state index in [2.05, 4.69) is 17.2 Å². The highest BCUT2D eigenvalue weighted by Crippen LogP contribution is 2.16. The molecule has 0 saturated carbocycles. The summed E-state index contributed by atoms with van der Waals surface area (Å²) < 4.78 is 10.0. The molecule has 7 heteroatoms. The smallest absolute Gasteiger partial charge is 0.322 e. The number of carbonyl (C=O) groups is 1. The van der Waals surface area contributed by atoms with Crippen molar-refractivity contribution in [2.75, 3.05) is 51.6 Å². The number of rotatable bonds is 9. The highest BCUT2D eigenvalue weighted by atomic mass is 32.2. The molecule has 0 radical (unpaired) electrons. The fourth-order valence-electron chi connectivity index (χ4n) is 1.61. The standard InChI is InChI=1S/C14H23N3O3S/c1-4-21-13-6-5-12(11-15-13)16-14(18)17(7-9-19-2)8-10-20-3/h5-6,11H,4,7-10H2,1-3H3,(H,16,18). The minimum atomic E-state index is -0.179. The minimum Gasteiger partial charge on any atom is -0.383 e. The molecule has 1 aromatic rings. The summed E-state index contributed by atoms with van der Waals surface area (Å²) in [7, 11) is 3.22. The van der Waals surface area contributed by atoms with Gasteiger partial charge in [0.25, 0.3) is 0 Å². The Labute approximate surface area is 130 Å². The zero-order valence-corrected chi connectivity index (χ0v) is 13.6. The molecular formula is C14H23N3O3S. The molecule has 0 saturated heterocycles. The van der Waals surface area contributed by atoms with Crippen LogP contribution in [0.3, 0.4) is 0 Å². The largest absolute Gasteiger partial charge is 0.383 e. The molecule has 1 rings (SSSR count). The van der Waals surface area contributed by atoms with Crippen molar-refractivity contribution in [3.8, 4) is 0 Å². The zero-order valence-electron chi connectivity index (χ0n) is 12.8. The van der Waals surface area contributed by atoms with Crippen LogP contribution in [0.25, 0.3) is 0 Å². The van der Waals surface area contributed by atoms with Gasteiger partial charge < -0.3 is 19.7 Å². The number of nitrogens with one attached hydrogen (secondary N) is 1. The molecule has 2 amide bonds. The summed E-state index contributed by atoms with van der Waals surface area (Å²) in [6, 6.07) is 3.58. The van der Waals surface area contributed by atoms with E-state index in [0.717, 1.165) is 10.8 Å². The van der Waals surface area contributed by atoms with Crippen LogP contribution in [0.1, 0.15) is 6.92 Å². The summed E-state index contributed by atoms with van der Waals surface area (Å²) in [5.74, 6) is 0.973. The van der Waals surface area contributed by atoms with Crippen molar-refractivity contribution in [2.24, 2.45) is 0 Å². The minimum absolute atomic E-state index is 0.179. The van der Waals surface area contributed by atoms with Gasteiger partial charge in [0, 0.05) is 27.3 Å². The number of ether oxygens (including phenoxy) is 2. The molecule has 1 N–H and O–H groups in total. The van der Waals surface area contributed by atoms with Gasteiger partial charge in [0.2, 0.25) is 0 Å². The fraction of sp³-hybridized carbons (Fsp3) is 0.571. The van der Waals surface area contributed by atoms with E-state index in [-0.39, 0.29) is 6.03 Å². The molecule has 0 fully saturated rings. The van der Waals surface area contributed by atoms with Crippen LogP contribution >= 0.6 is 11.8 Å². The molecular weight excluding hydrogens is 290 g/mol. The van der Waals surface area contributed by atoms with Crippen molar-refractivity contribution >= 4 is 23.5 Å². The summed E-state index contributed by atoms with van der Waals surface area (Å²) >= 11 is 1.66. The Kier molecular flexibility index (Phi) is 8.80. The summed E-state index contributed by atoms with van der Waals surface area (Å²) in [5, 5.41) is 3.78. The molecule has 0 spiro atoms. The molecule has 0 aliphatic rings. The van der Waals surface area contributed by atoms with Crippen molar-refractivity contribution in [3.63, 3.8) is 0 Å². The first-order valence-electron chi connectivity index (χ1n) is 6.84. The van der Waals surface area contributed by atoms with Crippen molar-refractivity contribution in [1.82, 2.24) is 9.88 Å². The molecule has 0 aromatic carbocycles. The number of nitrogens with zero attached hydrogens (tertiary/aromatic N) is 2. The third kappa shape index (κ3) is 6.79. The van der Waals surface area contributed by atoms with E-state index in [1.54, 1.807) is 37.1 Å². The first-order chi connectivity index (χ1) is 10.2. The monoisotopic (exact) mass is 313 g/mol. The lowest BCUT2D eigenvalue weighted by Gasteiger charge is -2.22. The first-order valence-corrected chi connectivity index (χ1v) is 7.82. The van der Waals surface area contributed by atoms with Gasteiger partial charge >= 0.3 is 6.03 Å². The molecule has 6 nitrogen and oxygen atoms in total. The second-order valence-electron chi connectivity index (χ2n) is 4.22. The molecule has 1 heterocycles. The van der Waals surface area contributed by atoms with Crippen LogP contribution in [0, 0.1) is 0 Å². The number of thioether (sulfide) groups is 1. The number of pyridine rings is 1. The maximum atomic E-state index is 12.2. The van der Waals surface area contributed by atoms with E-state index < -0.39 is 0 Å². The molecule has 0 aliphatic carbocycles. The third-order valence-electron chi connectivity index (χ3n) is 2.70. The summed E-state index contributed by atoms with van der Waals surface area (Å²) in [6.45, 7) is 4.08. The van der Waals surface area contributed by atoms with Crippen molar-refractivity contribution in [1.29, 1.82) is 0 Å². The summed E-state index contributed by atoms with van der Waals surface area (Å²) in [5.41, 5.74) is 0.681. The number of anilines is 1. The Hall–Kier alpha value is -1.31. The first kappa shape index (κ1) is 17.7. The topological polar surface area (TPSA) is 63.7 Å². The van der Waals surface area contributed by atoms with E-state index in [0.29, 0.717) is 32.0 Å². The van der Waals surface area contributed by atoms with Crippen molar-refractivity contribution in [3.05, 3.63) is 18.3 Å². The highest BCUT2D eigenvalue weighted by molar-refractivity contribution is 7.99. The number of aromatic nitrogens is 1. The Balaban J connectivity index is 2.57. The number of urea groups is 1. The number of amides is 2. The van der Waals surface area contributed by atoms with Gasteiger partial charge in [-0.1, -0.05) is 6.92 Å². The zero-order chi connectivity index (χ0) is 15.5. The maximum Gasteiger partial charge on any atom is 0.322 e. The predicted octanol–water partition coefficient (Wildman–Crippen LogP) is 2.32. The van der Waals surface area contributed by atoms with Gasteiger partial charge in [-0.25, -0.2) is 9.78 Å². The number of hydrogen-bond donors (Lipinski definition) is 1. The van der Waals surface area contributed by atoms with Crippen LogP contribution in [0.4, 0.5) is 10.5 Å². The van der Waals surface area contributed by atoms with Crippen molar-refractivity contribution < 1.29 is 14.3 Å². The van der Waals surface area contributed by atoms with Gasteiger partial charge in [0.1, 0.15) is 0 Å². The van der Waals surface area contributed by atoms with Crippen LogP contribution in [-0.2, 0) is 9.47 Å². The Morgan fingerprint density at radius 1 is 1.29 bits per heavy atom. The molecule has 0 unspecified atom stereocenters. The fourth-order valence-corrected chi connectivity index (χ4v) is 2.20. The van der Waals surface area contributed by atoms with Crippen molar-refractivity contribution in [2.45, 2.75) is 11.9 Å². The third-order valence-corrected chi connectivity index (χ3v) is 3.52. The number of carbonyl (C=O) groups excluding carboxylic acids is 1. The van der Waals surface area contributed by atoms with E-state index in [4.69, 9.17) is 9.47 Å². The van der Waals surface area contributed by atoms with Crippen LogP contribution in [-0.4, -0.2) is 62.2 Å². The Morgan fingerprint density at radius 3 is 2.43 bits per heavy atom. The quantitative estimate of drug-likeness (QED) is 0.709. The lowest BCUT2D eigenvalue weighted by molar-refractivity contribution is 0.127. The van der Waals surface area contributed by atoms with Crippen LogP contribution in [0.5, 0.6) is 0 Å². The van der Waals surface area contributed by atoms with Gasteiger partial charge in [0.15, 0.2) is 0 Å². The second kappa shape index (κ2) is 10.4. The summed E-state index contributed by atoms with van der Waals surface area (Å²) in [4.78, 5) is 18.1. The van der Waals surface area contributed by atoms with E-state index in [1.807, 2.05) is 12.1 Å². The average Bonchev–Trinajstić information content (AvgIpc) is 2.49. The predicted molar refractivity (Wildman–Crippen MR) is 85.0 cm³/mol. The van der Waals surface area contributed by atoms with Gasteiger partial charge in [-0.3, -0.25) is 0 Å². The van der Waals surface area contributed by atoms with Gasteiger partial charge in [-0.2, -0.15) is 0 Å². The van der Waals surface area contributed by atoms with Crippen LogP contribution in [0.2, 0.25) is 0 Å². The SMILES string of the molecule is CCSc1ccc(NC(=O)N(CCOC)CCOC)cn1. The molecule has 1 aromatic heterocycles. The lowest BCUT2D eigenvalue weighted by atomic mass is 10.4.